The lowest BCUT2D eigenvalue weighted by Gasteiger charge is -2.13. The maximum Gasteiger partial charge on any atom is 0.0375 e. The molecule has 1 aliphatic rings. The summed E-state index contributed by atoms with van der Waals surface area (Å²) in [5.74, 6) is 0. The first-order valence-corrected chi connectivity index (χ1v) is 5.43. The highest BCUT2D eigenvalue weighted by Crippen LogP contribution is 2.25. The van der Waals surface area contributed by atoms with Crippen LogP contribution in [-0.4, -0.2) is 12.6 Å². The Balaban J connectivity index is 2.12. The highest BCUT2D eigenvalue weighted by atomic mass is 14.9. The number of nitrogens with one attached hydrogen (secondary N) is 2. The zero-order valence-electron chi connectivity index (χ0n) is 8.93. The summed E-state index contributed by atoms with van der Waals surface area (Å²) in [5.41, 5.74) is 4.00. The van der Waals surface area contributed by atoms with Crippen LogP contribution in [0.2, 0.25) is 0 Å². The van der Waals surface area contributed by atoms with E-state index in [0.717, 1.165) is 19.4 Å². The number of fused-ring (bicyclic) bond motifs is 1. The van der Waals surface area contributed by atoms with Crippen molar-refractivity contribution in [2.75, 3.05) is 17.2 Å². The second-order valence-corrected chi connectivity index (χ2v) is 4.00. The summed E-state index contributed by atoms with van der Waals surface area (Å²) in [6.07, 6.45) is 2.32. The van der Waals surface area contributed by atoms with Crippen LogP contribution in [0.5, 0.6) is 0 Å². The van der Waals surface area contributed by atoms with Crippen molar-refractivity contribution < 1.29 is 0 Å². The Bertz CT molecular complexity index is 320. The zero-order valence-corrected chi connectivity index (χ0v) is 8.93. The first-order valence-electron chi connectivity index (χ1n) is 5.43. The molecule has 2 rings (SSSR count). The van der Waals surface area contributed by atoms with Gasteiger partial charge >= 0.3 is 0 Å². The minimum atomic E-state index is 0.558. The van der Waals surface area contributed by atoms with Crippen LogP contribution < -0.4 is 10.6 Å². The van der Waals surface area contributed by atoms with Crippen molar-refractivity contribution in [3.63, 3.8) is 0 Å². The van der Waals surface area contributed by atoms with E-state index in [2.05, 4.69) is 42.7 Å². The highest BCUT2D eigenvalue weighted by Gasteiger charge is 2.10. The Morgan fingerprint density at radius 1 is 1.50 bits per heavy atom. The van der Waals surface area contributed by atoms with Gasteiger partial charge in [-0.15, -0.1) is 0 Å². The van der Waals surface area contributed by atoms with E-state index in [1.807, 2.05) is 0 Å². The maximum absolute atomic E-state index is 3.49. The number of rotatable bonds is 3. The normalized spacial score (nSPS) is 15.9. The van der Waals surface area contributed by atoms with Crippen LogP contribution >= 0.6 is 0 Å². The van der Waals surface area contributed by atoms with Gasteiger partial charge in [0.05, 0.1) is 0 Å². The van der Waals surface area contributed by atoms with E-state index in [0.29, 0.717) is 6.04 Å². The van der Waals surface area contributed by atoms with Gasteiger partial charge in [0.15, 0.2) is 0 Å². The summed E-state index contributed by atoms with van der Waals surface area (Å²) in [6, 6.07) is 7.15. The number of hydrogen-bond acceptors (Lipinski definition) is 2. The third kappa shape index (κ3) is 1.84. The van der Waals surface area contributed by atoms with E-state index in [9.17, 15) is 0 Å². The second-order valence-electron chi connectivity index (χ2n) is 4.00. The minimum absolute atomic E-state index is 0.558. The van der Waals surface area contributed by atoms with Gasteiger partial charge in [-0.2, -0.15) is 0 Å². The Hall–Kier alpha value is -1.18. The van der Waals surface area contributed by atoms with Crippen LogP contribution in [0.1, 0.15) is 25.8 Å². The molecule has 2 heteroatoms. The average molecular weight is 190 g/mol. The number of benzene rings is 1. The Kier molecular flexibility index (Phi) is 2.62. The maximum atomic E-state index is 3.49. The molecule has 0 radical (unpaired) electrons. The van der Waals surface area contributed by atoms with Crippen molar-refractivity contribution in [3.05, 3.63) is 23.8 Å². The molecule has 0 fully saturated rings. The van der Waals surface area contributed by atoms with Gasteiger partial charge in [-0.05, 0) is 43.5 Å². The van der Waals surface area contributed by atoms with Gasteiger partial charge in [0.2, 0.25) is 0 Å². The van der Waals surface area contributed by atoms with Gasteiger partial charge in [0.25, 0.3) is 0 Å². The molecule has 1 aromatic rings. The molecular weight excluding hydrogens is 172 g/mol. The van der Waals surface area contributed by atoms with Crippen LogP contribution in [0.4, 0.5) is 11.4 Å². The number of anilines is 2. The summed E-state index contributed by atoms with van der Waals surface area (Å²) >= 11 is 0. The molecule has 0 aromatic heterocycles. The van der Waals surface area contributed by atoms with Crippen molar-refractivity contribution in [2.45, 2.75) is 32.7 Å². The van der Waals surface area contributed by atoms with Crippen molar-refractivity contribution in [2.24, 2.45) is 0 Å². The van der Waals surface area contributed by atoms with Gasteiger partial charge in [0.1, 0.15) is 0 Å². The quantitative estimate of drug-likeness (QED) is 0.765. The van der Waals surface area contributed by atoms with Crippen LogP contribution in [0.15, 0.2) is 18.2 Å². The molecule has 1 aromatic carbocycles. The molecule has 2 N–H and O–H groups in total. The fourth-order valence-electron chi connectivity index (χ4n) is 1.78. The molecule has 1 heterocycles. The van der Waals surface area contributed by atoms with Crippen molar-refractivity contribution in [1.29, 1.82) is 0 Å². The molecule has 0 spiro atoms. The Morgan fingerprint density at radius 3 is 3.14 bits per heavy atom. The molecular formula is C12H18N2. The lowest BCUT2D eigenvalue weighted by Crippen LogP contribution is -2.13. The van der Waals surface area contributed by atoms with Crippen molar-refractivity contribution in [1.82, 2.24) is 0 Å². The second kappa shape index (κ2) is 3.91. The van der Waals surface area contributed by atoms with Crippen LogP contribution in [0, 0.1) is 0 Å². The summed E-state index contributed by atoms with van der Waals surface area (Å²) in [7, 11) is 0. The predicted octanol–water partition coefficient (Wildman–Crippen LogP) is 2.87. The fraction of sp³-hybridized carbons (Fsp3) is 0.500. The van der Waals surface area contributed by atoms with Crippen LogP contribution in [0.25, 0.3) is 0 Å². The van der Waals surface area contributed by atoms with Gasteiger partial charge < -0.3 is 10.6 Å². The average Bonchev–Trinajstić information content (AvgIpc) is 2.64. The van der Waals surface area contributed by atoms with Gasteiger partial charge in [-0.1, -0.05) is 6.92 Å². The Morgan fingerprint density at radius 2 is 2.36 bits per heavy atom. The first kappa shape index (κ1) is 9.38. The summed E-state index contributed by atoms with van der Waals surface area (Å²) in [6.45, 7) is 5.50. The van der Waals surface area contributed by atoms with Gasteiger partial charge in [-0.3, -0.25) is 0 Å². The predicted molar refractivity (Wildman–Crippen MR) is 62.0 cm³/mol. The molecule has 0 aliphatic carbocycles. The smallest absolute Gasteiger partial charge is 0.0375 e. The minimum Gasteiger partial charge on any atom is -0.384 e. The summed E-state index contributed by atoms with van der Waals surface area (Å²) in [4.78, 5) is 0. The van der Waals surface area contributed by atoms with E-state index >= 15 is 0 Å². The highest BCUT2D eigenvalue weighted by molar-refractivity contribution is 5.62. The number of hydrogen-bond donors (Lipinski definition) is 2. The monoisotopic (exact) mass is 190 g/mol. The van der Waals surface area contributed by atoms with E-state index in [1.165, 1.54) is 16.9 Å². The summed E-state index contributed by atoms with van der Waals surface area (Å²) in [5, 5.41) is 6.86. The largest absolute Gasteiger partial charge is 0.384 e. The van der Waals surface area contributed by atoms with E-state index < -0.39 is 0 Å². The van der Waals surface area contributed by atoms with Crippen molar-refractivity contribution >= 4 is 11.4 Å². The van der Waals surface area contributed by atoms with E-state index in [-0.39, 0.29) is 0 Å². The molecule has 2 nitrogen and oxygen atoms in total. The topological polar surface area (TPSA) is 24.1 Å². The Labute approximate surface area is 85.7 Å². The molecule has 1 aliphatic heterocycles. The van der Waals surface area contributed by atoms with Gasteiger partial charge in [-0.25, -0.2) is 0 Å². The first-order chi connectivity index (χ1) is 6.79. The fourth-order valence-corrected chi connectivity index (χ4v) is 1.78. The standard InChI is InChI=1S/C12H18N2/c1-3-9(2)14-11-4-5-12-10(8-11)6-7-13-12/h4-5,8-9,13-14H,3,6-7H2,1-2H3. The zero-order chi connectivity index (χ0) is 9.97. The lowest BCUT2D eigenvalue weighted by atomic mass is 10.1. The summed E-state index contributed by atoms with van der Waals surface area (Å²) < 4.78 is 0. The van der Waals surface area contributed by atoms with E-state index in [1.54, 1.807) is 0 Å². The third-order valence-electron chi connectivity index (χ3n) is 2.84. The van der Waals surface area contributed by atoms with E-state index in [4.69, 9.17) is 0 Å². The lowest BCUT2D eigenvalue weighted by molar-refractivity contribution is 0.764. The molecule has 0 saturated carbocycles. The van der Waals surface area contributed by atoms with Crippen molar-refractivity contribution in [3.8, 4) is 0 Å². The molecule has 14 heavy (non-hydrogen) atoms. The molecule has 1 unspecified atom stereocenters. The van der Waals surface area contributed by atoms with Crippen LogP contribution in [0.3, 0.4) is 0 Å². The molecule has 0 saturated heterocycles. The molecule has 0 amide bonds. The van der Waals surface area contributed by atoms with Crippen LogP contribution in [-0.2, 0) is 6.42 Å². The SMILES string of the molecule is CCC(C)Nc1ccc2c(c1)CCN2. The van der Waals surface area contributed by atoms with Gasteiger partial charge in [0, 0.05) is 24.0 Å². The molecule has 1 atom stereocenters. The third-order valence-corrected chi connectivity index (χ3v) is 2.84. The molecule has 76 valence electrons. The molecule has 0 bridgehead atoms.